The molecule has 0 aliphatic heterocycles. The summed E-state index contributed by atoms with van der Waals surface area (Å²) < 4.78 is 10.7. The van der Waals surface area contributed by atoms with E-state index in [4.69, 9.17) is 9.15 Å². The second-order valence-electron chi connectivity index (χ2n) is 4.04. The maximum Gasteiger partial charge on any atom is 0.185 e. The minimum Gasteiger partial charge on any atom is -0.496 e. The highest BCUT2D eigenvalue weighted by Crippen LogP contribution is 2.34. The van der Waals surface area contributed by atoms with Gasteiger partial charge in [-0.25, -0.2) is 0 Å². The zero-order valence-electron chi connectivity index (χ0n) is 10.3. The van der Waals surface area contributed by atoms with E-state index in [1.807, 2.05) is 24.3 Å². The van der Waals surface area contributed by atoms with Crippen molar-refractivity contribution in [3.05, 3.63) is 48.4 Å². The van der Waals surface area contributed by atoms with Gasteiger partial charge in [0.1, 0.15) is 11.3 Å². The van der Waals surface area contributed by atoms with Crippen LogP contribution in [0.15, 0.2) is 47.0 Å². The van der Waals surface area contributed by atoms with Crippen LogP contribution in [0, 0.1) is 0 Å². The Morgan fingerprint density at radius 1 is 1.26 bits per heavy atom. The molecule has 0 bridgehead atoms. The van der Waals surface area contributed by atoms with Crippen LogP contribution in [0.4, 0.5) is 0 Å². The van der Waals surface area contributed by atoms with E-state index in [9.17, 15) is 4.79 Å². The fraction of sp³-hybridized carbons (Fsp3) is 0.0667. The lowest BCUT2D eigenvalue weighted by molar-refractivity contribution is 0.110. The van der Waals surface area contributed by atoms with Crippen molar-refractivity contribution in [3.63, 3.8) is 0 Å². The van der Waals surface area contributed by atoms with Gasteiger partial charge in [-0.05, 0) is 24.3 Å². The van der Waals surface area contributed by atoms with E-state index < -0.39 is 0 Å². The van der Waals surface area contributed by atoms with Crippen LogP contribution in [0.3, 0.4) is 0 Å². The van der Waals surface area contributed by atoms with E-state index in [1.54, 1.807) is 25.4 Å². The van der Waals surface area contributed by atoms with Gasteiger partial charge in [-0.3, -0.25) is 9.78 Å². The maximum atomic E-state index is 10.8. The van der Waals surface area contributed by atoms with Gasteiger partial charge in [0.05, 0.1) is 12.8 Å². The predicted octanol–water partition coefficient (Wildman–Crippen LogP) is 3.32. The van der Waals surface area contributed by atoms with Gasteiger partial charge < -0.3 is 9.15 Å². The molecule has 2 heterocycles. The van der Waals surface area contributed by atoms with Crippen molar-refractivity contribution in [1.82, 2.24) is 4.98 Å². The molecule has 0 fully saturated rings. The van der Waals surface area contributed by atoms with Crippen molar-refractivity contribution in [1.29, 1.82) is 0 Å². The molecule has 3 rings (SSSR count). The van der Waals surface area contributed by atoms with Crippen molar-refractivity contribution in [3.8, 4) is 17.0 Å². The summed E-state index contributed by atoms with van der Waals surface area (Å²) >= 11 is 0. The molecule has 0 aliphatic carbocycles. The number of ether oxygens (including phenoxy) is 1. The Bertz CT molecular complexity index is 746. The lowest BCUT2D eigenvalue weighted by Gasteiger charge is -2.07. The Kier molecular flexibility index (Phi) is 2.76. The van der Waals surface area contributed by atoms with Crippen molar-refractivity contribution < 1.29 is 13.9 Å². The van der Waals surface area contributed by atoms with Crippen molar-refractivity contribution in [2.75, 3.05) is 7.11 Å². The molecule has 1 aromatic carbocycles. The minimum atomic E-state index is 0.291. The fourth-order valence-electron chi connectivity index (χ4n) is 2.10. The first kappa shape index (κ1) is 11.5. The third kappa shape index (κ3) is 1.87. The number of para-hydroxylation sites is 1. The number of carbonyl (C=O) groups excluding carboxylic acids is 1. The number of hydrogen-bond donors (Lipinski definition) is 0. The Hall–Kier alpha value is -2.62. The summed E-state index contributed by atoms with van der Waals surface area (Å²) in [6.45, 7) is 0. The molecule has 0 atom stereocenters. The second kappa shape index (κ2) is 4.57. The SMILES string of the molecule is COc1ccccc1-c1nccc2oc(C=O)cc12. The normalized spacial score (nSPS) is 10.6. The number of hydrogen-bond acceptors (Lipinski definition) is 4. The number of methoxy groups -OCH3 is 1. The van der Waals surface area contributed by atoms with E-state index in [0.29, 0.717) is 17.6 Å². The summed E-state index contributed by atoms with van der Waals surface area (Å²) in [6.07, 6.45) is 2.34. The molecule has 0 amide bonds. The van der Waals surface area contributed by atoms with Gasteiger partial charge >= 0.3 is 0 Å². The number of pyridine rings is 1. The summed E-state index contributed by atoms with van der Waals surface area (Å²) in [5.41, 5.74) is 2.25. The van der Waals surface area contributed by atoms with E-state index >= 15 is 0 Å². The Morgan fingerprint density at radius 3 is 2.89 bits per heavy atom. The molecule has 0 spiro atoms. The lowest BCUT2D eigenvalue weighted by atomic mass is 10.1. The van der Waals surface area contributed by atoms with Gasteiger partial charge in [-0.15, -0.1) is 0 Å². The first-order valence-electron chi connectivity index (χ1n) is 5.80. The molecule has 3 aromatic rings. The predicted molar refractivity (Wildman–Crippen MR) is 71.4 cm³/mol. The molecule has 2 aromatic heterocycles. The average molecular weight is 253 g/mol. The van der Waals surface area contributed by atoms with E-state index in [-0.39, 0.29) is 0 Å². The molecule has 19 heavy (non-hydrogen) atoms. The van der Waals surface area contributed by atoms with Crippen LogP contribution in [0.2, 0.25) is 0 Å². The van der Waals surface area contributed by atoms with Crippen LogP contribution in [0.25, 0.3) is 22.2 Å². The van der Waals surface area contributed by atoms with Gasteiger partial charge in [0.25, 0.3) is 0 Å². The number of aromatic nitrogens is 1. The van der Waals surface area contributed by atoms with Crippen LogP contribution in [0.5, 0.6) is 5.75 Å². The highest BCUT2D eigenvalue weighted by Gasteiger charge is 2.13. The quantitative estimate of drug-likeness (QED) is 0.672. The summed E-state index contributed by atoms with van der Waals surface area (Å²) in [7, 11) is 1.62. The third-order valence-corrected chi connectivity index (χ3v) is 2.94. The standard InChI is InChI=1S/C15H11NO3/c1-18-13-5-3-2-4-11(13)15-12-8-10(9-17)19-14(12)6-7-16-15/h2-9H,1H3. The highest BCUT2D eigenvalue weighted by atomic mass is 16.5. The molecule has 0 unspecified atom stereocenters. The molecule has 0 N–H and O–H groups in total. The maximum absolute atomic E-state index is 10.8. The number of fused-ring (bicyclic) bond motifs is 1. The van der Waals surface area contributed by atoms with Gasteiger partial charge in [0.15, 0.2) is 12.0 Å². The number of rotatable bonds is 3. The Balaban J connectivity index is 2.30. The third-order valence-electron chi connectivity index (χ3n) is 2.94. The number of furan rings is 1. The summed E-state index contributed by atoms with van der Waals surface area (Å²) in [4.78, 5) is 15.2. The molecule has 0 saturated carbocycles. The van der Waals surface area contributed by atoms with Crippen molar-refractivity contribution >= 4 is 17.3 Å². The average Bonchev–Trinajstić information content (AvgIpc) is 2.90. The van der Waals surface area contributed by atoms with E-state index in [1.165, 1.54) is 0 Å². The smallest absolute Gasteiger partial charge is 0.185 e. The van der Waals surface area contributed by atoms with E-state index in [2.05, 4.69) is 4.98 Å². The van der Waals surface area contributed by atoms with Crippen LogP contribution >= 0.6 is 0 Å². The molecule has 4 nitrogen and oxygen atoms in total. The zero-order valence-corrected chi connectivity index (χ0v) is 10.3. The number of benzene rings is 1. The Morgan fingerprint density at radius 2 is 2.11 bits per heavy atom. The lowest BCUT2D eigenvalue weighted by Crippen LogP contribution is -1.89. The largest absolute Gasteiger partial charge is 0.496 e. The highest BCUT2D eigenvalue weighted by molar-refractivity contribution is 5.96. The first-order chi connectivity index (χ1) is 9.33. The molecular weight excluding hydrogens is 242 g/mol. The van der Waals surface area contributed by atoms with Gasteiger partial charge in [0, 0.05) is 17.1 Å². The number of aldehydes is 1. The van der Waals surface area contributed by atoms with Crippen LogP contribution in [-0.4, -0.2) is 18.4 Å². The molecule has 0 radical (unpaired) electrons. The Labute approximate surface area is 109 Å². The monoisotopic (exact) mass is 253 g/mol. The summed E-state index contributed by atoms with van der Waals surface area (Å²) in [6, 6.07) is 11.0. The van der Waals surface area contributed by atoms with Crippen LogP contribution in [0.1, 0.15) is 10.6 Å². The van der Waals surface area contributed by atoms with Gasteiger partial charge in [0.2, 0.25) is 0 Å². The topological polar surface area (TPSA) is 52.3 Å². The molecule has 94 valence electrons. The second-order valence-corrected chi connectivity index (χ2v) is 4.04. The molecule has 0 aliphatic rings. The van der Waals surface area contributed by atoms with Gasteiger partial charge in [-0.1, -0.05) is 12.1 Å². The number of carbonyl (C=O) groups is 1. The summed E-state index contributed by atoms with van der Waals surface area (Å²) in [5, 5.41) is 0.800. The molecular formula is C15H11NO3. The number of nitrogens with zero attached hydrogens (tertiary/aromatic N) is 1. The van der Waals surface area contributed by atoms with Crippen LogP contribution < -0.4 is 4.74 Å². The zero-order chi connectivity index (χ0) is 13.2. The molecule has 0 saturated heterocycles. The van der Waals surface area contributed by atoms with Crippen molar-refractivity contribution in [2.45, 2.75) is 0 Å². The summed E-state index contributed by atoms with van der Waals surface area (Å²) in [5.74, 6) is 1.02. The van der Waals surface area contributed by atoms with Crippen LogP contribution in [-0.2, 0) is 0 Å². The van der Waals surface area contributed by atoms with Gasteiger partial charge in [-0.2, -0.15) is 0 Å². The first-order valence-corrected chi connectivity index (χ1v) is 5.80. The van der Waals surface area contributed by atoms with E-state index in [0.717, 1.165) is 22.4 Å². The minimum absolute atomic E-state index is 0.291. The van der Waals surface area contributed by atoms with Crippen molar-refractivity contribution in [2.24, 2.45) is 0 Å². The molecule has 4 heteroatoms. The fourth-order valence-corrected chi connectivity index (χ4v) is 2.10.